The molecule has 0 bridgehead atoms. The lowest BCUT2D eigenvalue weighted by Crippen LogP contribution is -2.53. The van der Waals surface area contributed by atoms with Crippen LogP contribution in [-0.4, -0.2) is 50.0 Å². The van der Waals surface area contributed by atoms with Crippen LogP contribution < -0.4 is 9.62 Å². The van der Waals surface area contributed by atoms with Crippen LogP contribution in [0.2, 0.25) is 5.02 Å². The highest BCUT2D eigenvalue weighted by Gasteiger charge is 2.32. The summed E-state index contributed by atoms with van der Waals surface area (Å²) in [6.45, 7) is 4.16. The number of rotatable bonds is 13. The van der Waals surface area contributed by atoms with E-state index in [1.54, 1.807) is 17.0 Å². The van der Waals surface area contributed by atoms with Gasteiger partial charge in [-0.25, -0.2) is 8.42 Å². The number of nitrogens with one attached hydrogen (secondary N) is 1. The number of halogens is 1. The molecular formula is C35H44ClN3O4S. The first-order valence-electron chi connectivity index (χ1n) is 15.5. The van der Waals surface area contributed by atoms with Crippen molar-refractivity contribution in [2.75, 3.05) is 17.1 Å². The summed E-state index contributed by atoms with van der Waals surface area (Å²) in [5.41, 5.74) is 4.19. The Morgan fingerprint density at radius 2 is 1.61 bits per heavy atom. The van der Waals surface area contributed by atoms with Gasteiger partial charge in [0, 0.05) is 37.0 Å². The van der Waals surface area contributed by atoms with Gasteiger partial charge in [0.25, 0.3) is 0 Å². The fourth-order valence-electron chi connectivity index (χ4n) is 5.90. The Balaban J connectivity index is 1.61. The third kappa shape index (κ3) is 9.08. The average Bonchev–Trinajstić information content (AvgIpc) is 3.00. The summed E-state index contributed by atoms with van der Waals surface area (Å²) in [5.74, 6) is -0.395. The van der Waals surface area contributed by atoms with E-state index in [2.05, 4.69) is 5.32 Å². The van der Waals surface area contributed by atoms with Gasteiger partial charge in [-0.1, -0.05) is 91.5 Å². The predicted molar refractivity (Wildman–Crippen MR) is 178 cm³/mol. The van der Waals surface area contributed by atoms with E-state index in [0.29, 0.717) is 23.6 Å². The van der Waals surface area contributed by atoms with Crippen molar-refractivity contribution in [3.63, 3.8) is 0 Å². The van der Waals surface area contributed by atoms with Crippen LogP contribution in [0.15, 0.2) is 72.8 Å². The topological polar surface area (TPSA) is 86.8 Å². The zero-order valence-electron chi connectivity index (χ0n) is 26.0. The van der Waals surface area contributed by atoms with Crippen LogP contribution in [0.5, 0.6) is 0 Å². The molecule has 3 aromatic rings. The molecule has 0 aliphatic heterocycles. The number of hydrogen-bond acceptors (Lipinski definition) is 4. The molecule has 0 aromatic heterocycles. The molecule has 0 spiro atoms. The van der Waals surface area contributed by atoms with Crippen molar-refractivity contribution in [1.82, 2.24) is 10.2 Å². The molecule has 0 radical (unpaired) electrons. The zero-order valence-corrected chi connectivity index (χ0v) is 27.5. The Morgan fingerprint density at radius 3 is 2.30 bits per heavy atom. The summed E-state index contributed by atoms with van der Waals surface area (Å²) >= 11 is 6.55. The fraction of sp³-hybridized carbons (Fsp3) is 0.429. The normalized spacial score (nSPS) is 14.5. The lowest BCUT2D eigenvalue weighted by molar-refractivity contribution is -0.141. The second kappa shape index (κ2) is 15.6. The molecule has 1 aliphatic rings. The van der Waals surface area contributed by atoms with Gasteiger partial charge in [0.05, 0.1) is 11.9 Å². The van der Waals surface area contributed by atoms with E-state index in [1.807, 2.05) is 74.5 Å². The standard InChI is InChI=1S/C35H44ClN3O4S/c1-26-14-12-21-32(27(26)2)39(44(3,42)43)23-13-22-34(40)38(25-29-17-10-11-20-31(29)36)33(24-28-15-6-4-7-16-28)35(41)37-30-18-8-5-9-19-30/h4,6-7,10-12,14-17,20-21,30,33H,5,8-9,13,18-19,22-25H2,1-3H3,(H,37,41)/t33-/m0/s1. The van der Waals surface area contributed by atoms with Crippen LogP contribution in [-0.2, 0) is 32.6 Å². The zero-order chi connectivity index (χ0) is 31.7. The summed E-state index contributed by atoms with van der Waals surface area (Å²) in [4.78, 5) is 29.7. The minimum Gasteiger partial charge on any atom is -0.352 e. The number of sulfonamides is 1. The van der Waals surface area contributed by atoms with Crippen LogP contribution in [0.25, 0.3) is 0 Å². The van der Waals surface area contributed by atoms with E-state index in [4.69, 9.17) is 11.6 Å². The van der Waals surface area contributed by atoms with Gasteiger partial charge in [0.1, 0.15) is 6.04 Å². The van der Waals surface area contributed by atoms with Crippen molar-refractivity contribution in [2.24, 2.45) is 0 Å². The predicted octanol–water partition coefficient (Wildman–Crippen LogP) is 6.59. The van der Waals surface area contributed by atoms with Gasteiger partial charge in [-0.15, -0.1) is 0 Å². The number of nitrogens with zero attached hydrogens (tertiary/aromatic N) is 2. The van der Waals surface area contributed by atoms with Crippen molar-refractivity contribution in [2.45, 2.75) is 83.8 Å². The monoisotopic (exact) mass is 637 g/mol. The smallest absolute Gasteiger partial charge is 0.243 e. The Morgan fingerprint density at radius 1 is 0.932 bits per heavy atom. The summed E-state index contributed by atoms with van der Waals surface area (Å²) in [6, 6.07) is 22.0. The molecule has 0 unspecified atom stereocenters. The maximum absolute atomic E-state index is 14.1. The van der Waals surface area contributed by atoms with Crippen LogP contribution >= 0.6 is 11.6 Å². The Bertz CT molecular complexity index is 1520. The molecule has 44 heavy (non-hydrogen) atoms. The van der Waals surface area contributed by atoms with Gasteiger partial charge < -0.3 is 10.2 Å². The van der Waals surface area contributed by atoms with Crippen molar-refractivity contribution < 1.29 is 18.0 Å². The van der Waals surface area contributed by atoms with Crippen molar-refractivity contribution in [3.05, 3.63) is 100 Å². The molecule has 3 aromatic carbocycles. The van der Waals surface area contributed by atoms with Gasteiger partial charge in [-0.05, 0) is 67.5 Å². The second-order valence-corrected chi connectivity index (χ2v) is 14.1. The summed E-state index contributed by atoms with van der Waals surface area (Å²) < 4.78 is 27.0. The molecule has 1 saturated carbocycles. The van der Waals surface area contributed by atoms with Gasteiger partial charge in [0.15, 0.2) is 0 Å². The van der Waals surface area contributed by atoms with Crippen LogP contribution in [0.4, 0.5) is 5.69 Å². The number of hydrogen-bond donors (Lipinski definition) is 1. The highest BCUT2D eigenvalue weighted by molar-refractivity contribution is 7.92. The molecule has 1 atom stereocenters. The first-order chi connectivity index (χ1) is 21.0. The number of aryl methyl sites for hydroxylation is 1. The average molecular weight is 638 g/mol. The number of carbonyl (C=O) groups excluding carboxylic acids is 2. The van der Waals surface area contributed by atoms with Crippen LogP contribution in [0.3, 0.4) is 0 Å². The third-order valence-corrected chi connectivity index (χ3v) is 10.1. The summed E-state index contributed by atoms with van der Waals surface area (Å²) in [5, 5.41) is 3.77. The van der Waals surface area contributed by atoms with Crippen molar-refractivity contribution >= 4 is 39.1 Å². The van der Waals surface area contributed by atoms with Crippen molar-refractivity contribution in [1.29, 1.82) is 0 Å². The molecule has 2 amide bonds. The fourth-order valence-corrected chi connectivity index (χ4v) is 7.11. The second-order valence-electron chi connectivity index (χ2n) is 11.8. The maximum Gasteiger partial charge on any atom is 0.243 e. The molecule has 0 saturated heterocycles. The van der Waals surface area contributed by atoms with E-state index < -0.39 is 16.1 Å². The molecule has 4 rings (SSSR count). The minimum atomic E-state index is -3.59. The minimum absolute atomic E-state index is 0.0728. The van der Waals surface area contributed by atoms with Gasteiger partial charge >= 0.3 is 0 Å². The molecule has 0 heterocycles. The molecule has 1 aliphatic carbocycles. The quantitative estimate of drug-likeness (QED) is 0.229. The first-order valence-corrected chi connectivity index (χ1v) is 17.7. The van der Waals surface area contributed by atoms with E-state index in [0.717, 1.165) is 47.9 Å². The number of carbonyl (C=O) groups is 2. The molecule has 1 fully saturated rings. The highest BCUT2D eigenvalue weighted by Crippen LogP contribution is 2.26. The lowest BCUT2D eigenvalue weighted by atomic mass is 9.94. The van der Waals surface area contributed by atoms with E-state index in [1.165, 1.54) is 17.0 Å². The number of anilines is 1. The Labute approximate surface area is 267 Å². The summed E-state index contributed by atoms with van der Waals surface area (Å²) in [7, 11) is -3.59. The molecular weight excluding hydrogens is 594 g/mol. The Hall–Kier alpha value is -3.36. The van der Waals surface area contributed by atoms with Gasteiger partial charge in [-0.3, -0.25) is 13.9 Å². The third-order valence-electron chi connectivity index (χ3n) is 8.52. The first kappa shape index (κ1) is 33.5. The lowest BCUT2D eigenvalue weighted by Gasteiger charge is -2.34. The Kier molecular flexibility index (Phi) is 11.9. The SMILES string of the molecule is Cc1cccc(N(CCCC(=O)N(Cc2ccccc2Cl)[C@@H](Cc2ccccc2)C(=O)NC2CCCCC2)S(C)(=O)=O)c1C. The molecule has 9 heteroatoms. The maximum atomic E-state index is 14.1. The van der Waals surface area contributed by atoms with Crippen LogP contribution in [0.1, 0.15) is 67.2 Å². The van der Waals surface area contributed by atoms with Crippen molar-refractivity contribution in [3.8, 4) is 0 Å². The van der Waals surface area contributed by atoms with E-state index >= 15 is 0 Å². The number of benzene rings is 3. The summed E-state index contributed by atoms with van der Waals surface area (Å²) in [6.07, 6.45) is 7.10. The largest absolute Gasteiger partial charge is 0.352 e. The van der Waals surface area contributed by atoms with Gasteiger partial charge in [-0.2, -0.15) is 0 Å². The molecule has 236 valence electrons. The van der Waals surface area contributed by atoms with Gasteiger partial charge in [0.2, 0.25) is 21.8 Å². The van der Waals surface area contributed by atoms with Crippen LogP contribution in [0, 0.1) is 13.8 Å². The molecule has 7 nitrogen and oxygen atoms in total. The number of amides is 2. The van der Waals surface area contributed by atoms with E-state index in [9.17, 15) is 18.0 Å². The molecule has 1 N–H and O–H groups in total. The highest BCUT2D eigenvalue weighted by atomic mass is 35.5. The van der Waals surface area contributed by atoms with E-state index in [-0.39, 0.29) is 37.4 Å².